The third-order valence-corrected chi connectivity index (χ3v) is 3.46. The molecule has 0 saturated heterocycles. The molecule has 1 atom stereocenters. The van der Waals surface area contributed by atoms with Crippen molar-refractivity contribution in [1.82, 2.24) is 10.3 Å². The smallest absolute Gasteiger partial charge is 0.268 e. The van der Waals surface area contributed by atoms with E-state index in [0.29, 0.717) is 5.69 Å². The van der Waals surface area contributed by atoms with Gasteiger partial charge in [0.15, 0.2) is 0 Å². The molecule has 0 fully saturated rings. The molecule has 1 aromatic heterocycles. The molecule has 3 aromatic rings. The van der Waals surface area contributed by atoms with Gasteiger partial charge in [0.2, 0.25) is 0 Å². The minimum Gasteiger partial charge on any atom is -0.394 e. The van der Waals surface area contributed by atoms with Gasteiger partial charge in [0.25, 0.3) is 5.91 Å². The van der Waals surface area contributed by atoms with Crippen molar-refractivity contribution in [2.45, 2.75) is 6.04 Å². The highest BCUT2D eigenvalue weighted by Crippen LogP contribution is 2.16. The fraction of sp³-hybridized carbons (Fsp3) is 0.118. The first-order valence-electron chi connectivity index (χ1n) is 6.82. The Hall–Kier alpha value is -2.59. The Kier molecular flexibility index (Phi) is 3.71. The molecule has 1 amide bonds. The number of amides is 1. The number of aliphatic hydroxyl groups excluding tert-OH is 1. The summed E-state index contributed by atoms with van der Waals surface area (Å²) in [6, 6.07) is 18.5. The normalized spacial score (nSPS) is 12.2. The Morgan fingerprint density at radius 3 is 2.52 bits per heavy atom. The molecule has 2 aromatic carbocycles. The number of hydrogen-bond donors (Lipinski definition) is 3. The molecule has 0 saturated carbocycles. The number of hydrogen-bond acceptors (Lipinski definition) is 2. The van der Waals surface area contributed by atoms with Gasteiger partial charge in [-0.05, 0) is 17.7 Å². The molecule has 4 nitrogen and oxygen atoms in total. The van der Waals surface area contributed by atoms with Crippen molar-refractivity contribution >= 4 is 16.8 Å². The molecule has 0 aliphatic carbocycles. The molecular formula is C17H16N2O2. The number of benzene rings is 2. The van der Waals surface area contributed by atoms with Gasteiger partial charge in [-0.3, -0.25) is 4.79 Å². The molecule has 1 unspecified atom stereocenters. The van der Waals surface area contributed by atoms with Crippen LogP contribution in [0.4, 0.5) is 0 Å². The summed E-state index contributed by atoms with van der Waals surface area (Å²) in [4.78, 5) is 15.4. The first-order valence-corrected chi connectivity index (χ1v) is 6.82. The molecule has 0 aliphatic heterocycles. The van der Waals surface area contributed by atoms with Crippen LogP contribution in [0.3, 0.4) is 0 Å². The number of fused-ring (bicyclic) bond motifs is 1. The van der Waals surface area contributed by atoms with Crippen LogP contribution in [0.5, 0.6) is 0 Å². The van der Waals surface area contributed by atoms with Gasteiger partial charge in [0, 0.05) is 10.9 Å². The van der Waals surface area contributed by atoms with E-state index in [2.05, 4.69) is 10.3 Å². The first-order chi connectivity index (χ1) is 10.3. The molecule has 4 heteroatoms. The maximum absolute atomic E-state index is 12.3. The molecule has 0 radical (unpaired) electrons. The molecule has 1 heterocycles. The van der Waals surface area contributed by atoms with Gasteiger partial charge >= 0.3 is 0 Å². The van der Waals surface area contributed by atoms with Gasteiger partial charge < -0.3 is 15.4 Å². The van der Waals surface area contributed by atoms with E-state index in [1.807, 2.05) is 60.7 Å². The van der Waals surface area contributed by atoms with E-state index < -0.39 is 6.04 Å². The predicted molar refractivity (Wildman–Crippen MR) is 82.0 cm³/mol. The maximum Gasteiger partial charge on any atom is 0.268 e. The number of carbonyl (C=O) groups is 1. The quantitative estimate of drug-likeness (QED) is 0.688. The molecule has 21 heavy (non-hydrogen) atoms. The summed E-state index contributed by atoms with van der Waals surface area (Å²) in [5.41, 5.74) is 2.29. The van der Waals surface area contributed by atoms with Crippen molar-refractivity contribution < 1.29 is 9.90 Å². The van der Waals surface area contributed by atoms with Gasteiger partial charge in [-0.1, -0.05) is 48.5 Å². The van der Waals surface area contributed by atoms with Crippen LogP contribution < -0.4 is 5.32 Å². The Labute approximate surface area is 122 Å². The van der Waals surface area contributed by atoms with Crippen LogP contribution in [0.1, 0.15) is 22.1 Å². The van der Waals surface area contributed by atoms with E-state index in [1.165, 1.54) is 0 Å². The second-order valence-corrected chi connectivity index (χ2v) is 4.89. The maximum atomic E-state index is 12.3. The van der Waals surface area contributed by atoms with E-state index in [9.17, 15) is 9.90 Å². The third-order valence-electron chi connectivity index (χ3n) is 3.46. The Morgan fingerprint density at radius 1 is 1.10 bits per heavy atom. The lowest BCUT2D eigenvalue weighted by molar-refractivity contribution is 0.0912. The molecule has 3 N–H and O–H groups in total. The highest BCUT2D eigenvalue weighted by atomic mass is 16.3. The number of aliphatic hydroxyl groups is 1. The lowest BCUT2D eigenvalue weighted by Gasteiger charge is -2.16. The minimum absolute atomic E-state index is 0.143. The third kappa shape index (κ3) is 2.80. The summed E-state index contributed by atoms with van der Waals surface area (Å²) < 4.78 is 0. The number of aromatic nitrogens is 1. The number of aromatic amines is 1. The molecule has 0 spiro atoms. The van der Waals surface area contributed by atoms with Crippen LogP contribution in [0.2, 0.25) is 0 Å². The Balaban J connectivity index is 1.81. The SMILES string of the molecule is O=C(NC(CO)c1ccccc1)c1cc2ccccc2[nH]1. The zero-order valence-corrected chi connectivity index (χ0v) is 11.4. The van der Waals surface area contributed by atoms with Crippen molar-refractivity contribution in [3.05, 3.63) is 71.9 Å². The van der Waals surface area contributed by atoms with Crippen LogP contribution in [-0.2, 0) is 0 Å². The molecule has 3 rings (SSSR count). The zero-order chi connectivity index (χ0) is 14.7. The van der Waals surface area contributed by atoms with Crippen molar-refractivity contribution in [2.24, 2.45) is 0 Å². The van der Waals surface area contributed by atoms with Crippen LogP contribution >= 0.6 is 0 Å². The summed E-state index contributed by atoms with van der Waals surface area (Å²) in [6.45, 7) is -0.143. The minimum atomic E-state index is -0.412. The summed E-state index contributed by atoms with van der Waals surface area (Å²) in [5, 5.41) is 13.3. The van der Waals surface area contributed by atoms with E-state index in [1.54, 1.807) is 0 Å². The van der Waals surface area contributed by atoms with E-state index in [0.717, 1.165) is 16.5 Å². The highest BCUT2D eigenvalue weighted by Gasteiger charge is 2.16. The molecule has 0 aliphatic rings. The summed E-state index contributed by atoms with van der Waals surface area (Å²) in [5.74, 6) is -0.228. The summed E-state index contributed by atoms with van der Waals surface area (Å²) >= 11 is 0. The lowest BCUT2D eigenvalue weighted by atomic mass is 10.1. The number of nitrogens with one attached hydrogen (secondary N) is 2. The summed E-state index contributed by atoms with van der Waals surface area (Å²) in [7, 11) is 0. The van der Waals surface area contributed by atoms with E-state index >= 15 is 0 Å². The highest BCUT2D eigenvalue weighted by molar-refractivity contribution is 5.98. The van der Waals surface area contributed by atoms with Gasteiger partial charge in [-0.15, -0.1) is 0 Å². The molecular weight excluding hydrogens is 264 g/mol. The first kappa shape index (κ1) is 13.4. The van der Waals surface area contributed by atoms with Crippen molar-refractivity contribution in [3.63, 3.8) is 0 Å². The van der Waals surface area contributed by atoms with Crippen LogP contribution in [-0.4, -0.2) is 22.6 Å². The Bertz CT molecular complexity index is 717. The Morgan fingerprint density at radius 2 is 1.81 bits per heavy atom. The second-order valence-electron chi connectivity index (χ2n) is 4.89. The second kappa shape index (κ2) is 5.81. The average molecular weight is 280 g/mol. The van der Waals surface area contributed by atoms with Gasteiger partial charge in [0.1, 0.15) is 5.69 Å². The largest absolute Gasteiger partial charge is 0.394 e. The molecule has 106 valence electrons. The fourth-order valence-corrected chi connectivity index (χ4v) is 2.35. The van der Waals surface area contributed by atoms with Gasteiger partial charge in [0.05, 0.1) is 12.6 Å². The number of rotatable bonds is 4. The lowest BCUT2D eigenvalue weighted by Crippen LogP contribution is -2.30. The summed E-state index contributed by atoms with van der Waals surface area (Å²) in [6.07, 6.45) is 0. The van der Waals surface area contributed by atoms with E-state index in [-0.39, 0.29) is 12.5 Å². The number of H-pyrrole nitrogens is 1. The van der Waals surface area contributed by atoms with Gasteiger partial charge in [-0.2, -0.15) is 0 Å². The van der Waals surface area contributed by atoms with Crippen LogP contribution in [0.15, 0.2) is 60.7 Å². The fourth-order valence-electron chi connectivity index (χ4n) is 2.35. The topological polar surface area (TPSA) is 65.1 Å². The zero-order valence-electron chi connectivity index (χ0n) is 11.4. The molecule has 0 bridgehead atoms. The van der Waals surface area contributed by atoms with Crippen molar-refractivity contribution in [1.29, 1.82) is 0 Å². The van der Waals surface area contributed by atoms with E-state index in [4.69, 9.17) is 0 Å². The van der Waals surface area contributed by atoms with Crippen molar-refractivity contribution in [2.75, 3.05) is 6.61 Å². The predicted octanol–water partition coefficient (Wildman–Crippen LogP) is 2.63. The number of para-hydroxylation sites is 1. The van der Waals surface area contributed by atoms with Crippen LogP contribution in [0, 0.1) is 0 Å². The van der Waals surface area contributed by atoms with Crippen molar-refractivity contribution in [3.8, 4) is 0 Å². The average Bonchev–Trinajstić information content (AvgIpc) is 2.97. The monoisotopic (exact) mass is 280 g/mol. The number of carbonyl (C=O) groups excluding carboxylic acids is 1. The standard InChI is InChI=1S/C17H16N2O2/c20-11-16(12-6-2-1-3-7-12)19-17(21)15-10-13-8-4-5-9-14(13)18-15/h1-10,16,18,20H,11H2,(H,19,21). The van der Waals surface area contributed by atoms with Crippen LogP contribution in [0.25, 0.3) is 10.9 Å². The van der Waals surface area contributed by atoms with Gasteiger partial charge in [-0.25, -0.2) is 0 Å².